The average Bonchev–Trinajstić information content (AvgIpc) is 3.11. The van der Waals surface area contributed by atoms with E-state index in [2.05, 4.69) is 23.7 Å². The molecule has 0 bridgehead atoms. The molecule has 0 spiro atoms. The second-order valence-corrected chi connectivity index (χ2v) is 10.0. The number of hydrogen-bond acceptors (Lipinski definition) is 3. The highest BCUT2D eigenvalue weighted by Crippen LogP contribution is 2.35. The van der Waals surface area contributed by atoms with Crippen molar-refractivity contribution < 1.29 is 18.0 Å². The van der Waals surface area contributed by atoms with Crippen LogP contribution in [-0.4, -0.2) is 57.5 Å². The highest BCUT2D eigenvalue weighted by molar-refractivity contribution is 6.38. The molecule has 1 fully saturated rings. The molecule has 1 saturated heterocycles. The Balaban J connectivity index is 1.65. The van der Waals surface area contributed by atoms with Gasteiger partial charge in [-0.1, -0.05) is 23.2 Å². The Morgan fingerprint density at radius 1 is 1.11 bits per heavy atom. The van der Waals surface area contributed by atoms with Crippen LogP contribution in [0.5, 0.6) is 0 Å². The largest absolute Gasteiger partial charge is 0.416 e. The van der Waals surface area contributed by atoms with E-state index in [1.54, 1.807) is 35.6 Å². The fourth-order valence-electron chi connectivity index (χ4n) is 4.52. The number of aromatic nitrogens is 2. The van der Waals surface area contributed by atoms with Crippen LogP contribution in [0.2, 0.25) is 10.0 Å². The van der Waals surface area contributed by atoms with Crippen LogP contribution in [0.4, 0.5) is 13.2 Å². The number of fused-ring (bicyclic) bond motifs is 1. The van der Waals surface area contributed by atoms with Gasteiger partial charge in [0.25, 0.3) is 5.91 Å². The molecule has 3 aromatic rings. The van der Waals surface area contributed by atoms with Gasteiger partial charge in [0.05, 0.1) is 27.2 Å². The molecule has 10 heteroatoms. The van der Waals surface area contributed by atoms with Crippen molar-refractivity contribution in [2.45, 2.75) is 39.4 Å². The molecular weight excluding hydrogens is 500 g/mol. The Morgan fingerprint density at radius 3 is 2.37 bits per heavy atom. The molecule has 0 unspecified atom stereocenters. The summed E-state index contributed by atoms with van der Waals surface area (Å²) in [5.41, 5.74) is 1.44. The van der Waals surface area contributed by atoms with Gasteiger partial charge in [-0.3, -0.25) is 9.69 Å². The number of amides is 1. The maximum Gasteiger partial charge on any atom is 0.416 e. The van der Waals surface area contributed by atoms with Crippen molar-refractivity contribution >= 4 is 40.1 Å². The van der Waals surface area contributed by atoms with Crippen LogP contribution in [0.1, 0.15) is 46.7 Å². The number of aryl methyl sites for hydroxylation is 2. The molecule has 35 heavy (non-hydrogen) atoms. The molecule has 0 radical (unpaired) electrons. The number of halogens is 5. The highest BCUT2D eigenvalue weighted by Gasteiger charge is 2.32. The summed E-state index contributed by atoms with van der Waals surface area (Å²) in [7, 11) is 1.66. The third kappa shape index (κ3) is 5.01. The number of rotatable bonds is 4. The van der Waals surface area contributed by atoms with E-state index in [4.69, 9.17) is 23.2 Å². The van der Waals surface area contributed by atoms with Crippen molar-refractivity contribution in [1.29, 1.82) is 0 Å². The van der Waals surface area contributed by atoms with E-state index < -0.39 is 11.7 Å². The van der Waals surface area contributed by atoms with E-state index in [9.17, 15) is 18.0 Å². The first-order valence-electron chi connectivity index (χ1n) is 11.4. The van der Waals surface area contributed by atoms with E-state index in [0.29, 0.717) is 57.7 Å². The predicted octanol–water partition coefficient (Wildman–Crippen LogP) is 5.96. The maximum atomic E-state index is 13.3. The summed E-state index contributed by atoms with van der Waals surface area (Å²) in [6.07, 6.45) is -4.28. The van der Waals surface area contributed by atoms with Gasteiger partial charge in [-0.15, -0.1) is 0 Å². The summed E-state index contributed by atoms with van der Waals surface area (Å²) in [5.74, 6) is 0.341. The lowest BCUT2D eigenvalue weighted by molar-refractivity contribution is -0.137. The zero-order chi connectivity index (χ0) is 25.7. The second kappa shape index (κ2) is 9.64. The quantitative estimate of drug-likeness (QED) is 0.420. The summed E-state index contributed by atoms with van der Waals surface area (Å²) in [5, 5.41) is 0.615. The molecule has 188 valence electrons. The standard InChI is InChI=1S/C25H27Cl2F3N4O/c1-14(2)33-7-9-34(10-8-33)24(35)17-5-6-19(26)18(22(17)27)13-21-31-23-15(3)11-16(25(28,29)30)12-20(23)32(21)4/h5-6,11-12,14H,7-10,13H2,1-4H3. The summed E-state index contributed by atoms with van der Waals surface area (Å²) in [6, 6.07) is 5.87. The van der Waals surface area contributed by atoms with Gasteiger partial charge in [0.15, 0.2) is 0 Å². The zero-order valence-corrected chi connectivity index (χ0v) is 21.5. The Labute approximate surface area is 212 Å². The van der Waals surface area contributed by atoms with Crippen molar-refractivity contribution in [2.75, 3.05) is 26.2 Å². The minimum atomic E-state index is -4.45. The summed E-state index contributed by atoms with van der Waals surface area (Å²) < 4.78 is 41.6. The minimum Gasteiger partial charge on any atom is -0.336 e. The Morgan fingerprint density at radius 2 is 1.77 bits per heavy atom. The van der Waals surface area contributed by atoms with Crippen LogP contribution < -0.4 is 0 Å². The summed E-state index contributed by atoms with van der Waals surface area (Å²) in [4.78, 5) is 21.9. The van der Waals surface area contributed by atoms with Gasteiger partial charge in [-0.2, -0.15) is 13.2 Å². The third-order valence-corrected chi connectivity index (χ3v) is 7.47. The smallest absolute Gasteiger partial charge is 0.336 e. The Bertz CT molecular complexity index is 1280. The monoisotopic (exact) mass is 526 g/mol. The molecule has 5 nitrogen and oxygen atoms in total. The van der Waals surface area contributed by atoms with E-state index >= 15 is 0 Å². The Kier molecular flexibility index (Phi) is 7.10. The predicted molar refractivity (Wildman–Crippen MR) is 132 cm³/mol. The van der Waals surface area contributed by atoms with E-state index in [0.717, 1.165) is 25.2 Å². The highest BCUT2D eigenvalue weighted by atomic mass is 35.5. The SMILES string of the molecule is Cc1cc(C(F)(F)F)cc2c1nc(Cc1c(Cl)ccc(C(=O)N3CCN(C(C)C)CC3)c1Cl)n2C. The maximum absolute atomic E-state index is 13.3. The van der Waals surface area contributed by atoms with Gasteiger partial charge in [0.1, 0.15) is 5.82 Å². The number of carbonyl (C=O) groups is 1. The Hall–Kier alpha value is -2.29. The number of hydrogen-bond donors (Lipinski definition) is 0. The van der Waals surface area contributed by atoms with Crippen LogP contribution in [0.3, 0.4) is 0 Å². The van der Waals surface area contributed by atoms with Crippen LogP contribution >= 0.6 is 23.2 Å². The molecular formula is C25H27Cl2F3N4O. The first kappa shape index (κ1) is 25.8. The number of carbonyl (C=O) groups excluding carboxylic acids is 1. The molecule has 4 rings (SSSR count). The van der Waals surface area contributed by atoms with E-state index in [1.165, 1.54) is 0 Å². The van der Waals surface area contributed by atoms with Crippen LogP contribution in [0.25, 0.3) is 11.0 Å². The zero-order valence-electron chi connectivity index (χ0n) is 20.0. The molecule has 0 aliphatic carbocycles. The van der Waals surface area contributed by atoms with Crippen LogP contribution in [0.15, 0.2) is 24.3 Å². The first-order valence-corrected chi connectivity index (χ1v) is 12.2. The van der Waals surface area contributed by atoms with Gasteiger partial charge in [-0.05, 0) is 56.2 Å². The molecule has 2 aromatic carbocycles. The van der Waals surface area contributed by atoms with Gasteiger partial charge in [0.2, 0.25) is 0 Å². The van der Waals surface area contributed by atoms with E-state index in [-0.39, 0.29) is 17.4 Å². The van der Waals surface area contributed by atoms with Crippen molar-refractivity contribution in [3.8, 4) is 0 Å². The number of nitrogens with zero attached hydrogens (tertiary/aromatic N) is 4. The normalized spacial score (nSPS) is 15.4. The average molecular weight is 527 g/mol. The van der Waals surface area contributed by atoms with Crippen molar-refractivity contribution in [3.05, 3.63) is 62.4 Å². The van der Waals surface area contributed by atoms with Gasteiger partial charge in [0, 0.05) is 50.7 Å². The lowest BCUT2D eigenvalue weighted by Gasteiger charge is -2.37. The number of alkyl halides is 3. The minimum absolute atomic E-state index is 0.160. The fraction of sp³-hybridized carbons (Fsp3) is 0.440. The van der Waals surface area contributed by atoms with Gasteiger partial charge in [-0.25, -0.2) is 4.98 Å². The molecule has 1 aliphatic heterocycles. The molecule has 0 atom stereocenters. The number of imidazole rings is 1. The molecule has 0 saturated carbocycles. The lowest BCUT2D eigenvalue weighted by atomic mass is 10.1. The fourth-order valence-corrected chi connectivity index (χ4v) is 5.11. The van der Waals surface area contributed by atoms with Crippen LogP contribution in [0, 0.1) is 6.92 Å². The van der Waals surface area contributed by atoms with Crippen molar-refractivity contribution in [3.63, 3.8) is 0 Å². The van der Waals surface area contributed by atoms with Crippen LogP contribution in [-0.2, 0) is 19.6 Å². The molecule has 0 N–H and O–H groups in total. The first-order chi connectivity index (χ1) is 16.4. The molecule has 1 amide bonds. The number of piperazine rings is 1. The molecule has 2 heterocycles. The molecule has 1 aliphatic rings. The van der Waals surface area contributed by atoms with Gasteiger partial charge < -0.3 is 9.47 Å². The lowest BCUT2D eigenvalue weighted by Crippen LogP contribution is -2.50. The summed E-state index contributed by atoms with van der Waals surface area (Å²) in [6.45, 7) is 8.67. The second-order valence-electron chi connectivity index (χ2n) is 9.23. The third-order valence-electron chi connectivity index (χ3n) is 6.68. The van der Waals surface area contributed by atoms with E-state index in [1.807, 2.05) is 0 Å². The topological polar surface area (TPSA) is 41.4 Å². The number of benzene rings is 2. The molecule has 1 aromatic heterocycles. The summed E-state index contributed by atoms with van der Waals surface area (Å²) >= 11 is 13.2. The van der Waals surface area contributed by atoms with Crippen molar-refractivity contribution in [1.82, 2.24) is 19.4 Å². The van der Waals surface area contributed by atoms with Gasteiger partial charge >= 0.3 is 6.18 Å². The van der Waals surface area contributed by atoms with Crippen molar-refractivity contribution in [2.24, 2.45) is 7.05 Å².